The third-order valence-corrected chi connectivity index (χ3v) is 0.915. The monoisotopic (exact) mass is 178 g/mol. The van der Waals surface area contributed by atoms with E-state index in [2.05, 4.69) is 28.5 Å². The van der Waals surface area contributed by atoms with E-state index in [1.165, 1.54) is 0 Å². The Balaban J connectivity index is 0.000000354. The van der Waals surface area contributed by atoms with E-state index in [0.717, 1.165) is 5.82 Å². The van der Waals surface area contributed by atoms with Crippen molar-refractivity contribution in [1.82, 2.24) is 4.98 Å². The van der Waals surface area contributed by atoms with Gasteiger partial charge in [-0.1, -0.05) is 12.6 Å². The van der Waals surface area contributed by atoms with E-state index < -0.39 is 0 Å². The van der Waals surface area contributed by atoms with Gasteiger partial charge in [0.1, 0.15) is 5.82 Å². The maximum Gasteiger partial charge on any atom is 0.229 e. The molecule has 0 bridgehead atoms. The van der Waals surface area contributed by atoms with Gasteiger partial charge >= 0.3 is 0 Å². The number of hydrogen-bond acceptors (Lipinski definition) is 2. The molecule has 0 fully saturated rings. The first-order valence-corrected chi connectivity index (χ1v) is 6.96. The Labute approximate surface area is 80.4 Å². The van der Waals surface area contributed by atoms with Crippen molar-refractivity contribution >= 4 is 21.0 Å². The third kappa shape index (κ3) is 5.97. The van der Waals surface area contributed by atoms with Gasteiger partial charge in [-0.2, -0.15) is 0 Å². The van der Waals surface area contributed by atoms with Crippen molar-refractivity contribution in [3.63, 3.8) is 0 Å². The third-order valence-electron chi connectivity index (χ3n) is 0.915. The minimum atomic E-state index is 0.417. The van der Waals surface area contributed by atoms with Crippen LogP contribution in [-0.4, -0.2) is 20.2 Å². The van der Waals surface area contributed by atoms with Gasteiger partial charge in [0.25, 0.3) is 0 Å². The van der Waals surface area contributed by atoms with Crippen LogP contribution in [0.15, 0.2) is 37.2 Å². The molecular formula is C9H15AlN2. The standard InChI is InChI=1S/C7H8N2.2CH3.Al.H/c1-2-8-7-5-3-4-6-9-7;;;;/h2-6H,1H2,(H,8,9);2*1H3;;. The predicted molar refractivity (Wildman–Crippen MR) is 56.9 cm³/mol. The molecule has 0 aliphatic carbocycles. The van der Waals surface area contributed by atoms with E-state index in [1.807, 2.05) is 18.2 Å². The molecule has 0 atom stereocenters. The minimum absolute atomic E-state index is 0.417. The maximum absolute atomic E-state index is 3.99. The Morgan fingerprint density at radius 2 is 2.17 bits per heavy atom. The SMILES string of the molecule is C=CNc1ccccn1.[CH3][AlH][CH3]. The minimum Gasteiger partial charge on any atom is -0.347 e. The molecule has 0 saturated carbocycles. The van der Waals surface area contributed by atoms with E-state index in [0.29, 0.717) is 15.2 Å². The van der Waals surface area contributed by atoms with Crippen LogP contribution in [0.4, 0.5) is 5.82 Å². The van der Waals surface area contributed by atoms with Crippen molar-refractivity contribution in [2.75, 3.05) is 5.32 Å². The molecule has 0 saturated heterocycles. The molecule has 1 heterocycles. The summed E-state index contributed by atoms with van der Waals surface area (Å²) >= 11 is 0.417. The highest BCUT2D eigenvalue weighted by Crippen LogP contribution is 1.97. The fourth-order valence-corrected chi connectivity index (χ4v) is 0.553. The van der Waals surface area contributed by atoms with Crippen molar-refractivity contribution in [3.05, 3.63) is 37.2 Å². The number of nitrogens with zero attached hydrogens (tertiary/aromatic N) is 1. The molecule has 1 rings (SSSR count). The zero-order valence-corrected chi connectivity index (χ0v) is 9.16. The van der Waals surface area contributed by atoms with Gasteiger partial charge in [-0.25, -0.2) is 4.98 Å². The molecule has 3 heteroatoms. The summed E-state index contributed by atoms with van der Waals surface area (Å²) in [6.07, 6.45) is 3.33. The second-order valence-electron chi connectivity index (χ2n) is 2.27. The molecule has 12 heavy (non-hydrogen) atoms. The Morgan fingerprint density at radius 3 is 2.58 bits per heavy atom. The average molecular weight is 178 g/mol. The van der Waals surface area contributed by atoms with E-state index in [4.69, 9.17) is 0 Å². The quantitative estimate of drug-likeness (QED) is 0.702. The molecule has 0 aliphatic heterocycles. The molecule has 0 amide bonds. The van der Waals surface area contributed by atoms with Gasteiger partial charge in [-0.3, -0.25) is 0 Å². The summed E-state index contributed by atoms with van der Waals surface area (Å²) in [5.41, 5.74) is 0. The molecule has 1 aromatic heterocycles. The van der Waals surface area contributed by atoms with E-state index in [9.17, 15) is 0 Å². The smallest absolute Gasteiger partial charge is 0.229 e. The predicted octanol–water partition coefficient (Wildman–Crippen LogP) is 2.16. The Hall–Kier alpha value is -0.778. The first-order valence-electron chi connectivity index (χ1n) is 4.13. The summed E-state index contributed by atoms with van der Waals surface area (Å²) < 4.78 is 0. The fraction of sp³-hybridized carbons (Fsp3) is 0.222. The summed E-state index contributed by atoms with van der Waals surface area (Å²) in [6, 6.07) is 5.66. The topological polar surface area (TPSA) is 24.9 Å². The lowest BCUT2D eigenvalue weighted by Crippen LogP contribution is -1.87. The number of aromatic nitrogens is 1. The lowest BCUT2D eigenvalue weighted by Gasteiger charge is -1.94. The molecule has 1 aromatic rings. The first-order chi connectivity index (χ1) is 5.85. The zero-order chi connectivity index (χ0) is 9.23. The summed E-state index contributed by atoms with van der Waals surface area (Å²) in [5.74, 6) is 5.35. The van der Waals surface area contributed by atoms with E-state index in [1.54, 1.807) is 12.4 Å². The second kappa shape index (κ2) is 8.32. The summed E-state index contributed by atoms with van der Waals surface area (Å²) in [4.78, 5) is 3.99. The van der Waals surface area contributed by atoms with Crippen LogP contribution >= 0.6 is 0 Å². The van der Waals surface area contributed by atoms with Gasteiger partial charge < -0.3 is 5.32 Å². The van der Waals surface area contributed by atoms with Gasteiger partial charge in [-0.15, -0.1) is 11.6 Å². The van der Waals surface area contributed by atoms with Crippen LogP contribution in [0, 0.1) is 0 Å². The lowest BCUT2D eigenvalue weighted by molar-refractivity contribution is 1.31. The molecule has 0 spiro atoms. The lowest BCUT2D eigenvalue weighted by atomic mass is 10.5. The van der Waals surface area contributed by atoms with Gasteiger partial charge in [0.05, 0.1) is 0 Å². The number of nitrogens with one attached hydrogen (secondary N) is 1. The maximum atomic E-state index is 3.99. The summed E-state index contributed by atoms with van der Waals surface area (Å²) in [6.45, 7) is 3.50. The molecule has 2 nitrogen and oxygen atoms in total. The number of hydrogen-bond donors (Lipinski definition) is 1. The molecule has 0 aromatic carbocycles. The van der Waals surface area contributed by atoms with E-state index >= 15 is 0 Å². The molecule has 64 valence electrons. The van der Waals surface area contributed by atoms with Crippen LogP contribution < -0.4 is 5.32 Å². The van der Waals surface area contributed by atoms with Crippen LogP contribution in [0.1, 0.15) is 0 Å². The highest BCUT2D eigenvalue weighted by atomic mass is 27.1. The Morgan fingerprint density at radius 1 is 1.50 bits per heavy atom. The van der Waals surface area contributed by atoms with Crippen LogP contribution in [0.3, 0.4) is 0 Å². The van der Waals surface area contributed by atoms with Crippen molar-refractivity contribution in [2.24, 2.45) is 0 Å². The Bertz CT molecular complexity index is 199. The molecule has 0 unspecified atom stereocenters. The van der Waals surface area contributed by atoms with Crippen molar-refractivity contribution in [3.8, 4) is 0 Å². The van der Waals surface area contributed by atoms with Crippen molar-refractivity contribution in [2.45, 2.75) is 11.6 Å². The normalized spacial score (nSPS) is 7.50. The number of anilines is 1. The molecule has 0 aliphatic rings. The summed E-state index contributed by atoms with van der Waals surface area (Å²) in [7, 11) is 0. The molecule has 1 N–H and O–H groups in total. The van der Waals surface area contributed by atoms with Crippen LogP contribution in [0.5, 0.6) is 0 Å². The Kier molecular flexibility index (Phi) is 7.78. The van der Waals surface area contributed by atoms with Gasteiger partial charge in [0, 0.05) is 6.20 Å². The largest absolute Gasteiger partial charge is 0.347 e. The average Bonchev–Trinajstić information content (AvgIpc) is 2.08. The van der Waals surface area contributed by atoms with E-state index in [-0.39, 0.29) is 0 Å². The number of rotatable bonds is 2. The van der Waals surface area contributed by atoms with Crippen molar-refractivity contribution in [1.29, 1.82) is 0 Å². The zero-order valence-electron chi connectivity index (χ0n) is 7.75. The van der Waals surface area contributed by atoms with Crippen LogP contribution in [0.2, 0.25) is 11.6 Å². The summed E-state index contributed by atoms with van der Waals surface area (Å²) in [5, 5.41) is 2.86. The number of pyridine rings is 1. The fourth-order valence-electron chi connectivity index (χ4n) is 0.553. The molecular weight excluding hydrogens is 163 g/mol. The highest BCUT2D eigenvalue weighted by molar-refractivity contribution is 6.31. The van der Waals surface area contributed by atoms with Crippen LogP contribution in [0.25, 0.3) is 0 Å². The van der Waals surface area contributed by atoms with Gasteiger partial charge in [-0.05, 0) is 18.3 Å². The first kappa shape index (κ1) is 11.2. The van der Waals surface area contributed by atoms with Gasteiger partial charge in [0.2, 0.25) is 15.2 Å². The van der Waals surface area contributed by atoms with Gasteiger partial charge in [0.15, 0.2) is 0 Å². The van der Waals surface area contributed by atoms with Crippen molar-refractivity contribution < 1.29 is 0 Å². The second-order valence-corrected chi connectivity index (χ2v) is 3.68. The molecule has 0 radical (unpaired) electrons. The highest BCUT2D eigenvalue weighted by Gasteiger charge is 1.81. The van der Waals surface area contributed by atoms with Crippen LogP contribution in [-0.2, 0) is 0 Å².